The van der Waals surface area contributed by atoms with Gasteiger partial charge in [0.05, 0.1) is 15.8 Å². The van der Waals surface area contributed by atoms with Crippen LogP contribution in [0, 0.1) is 18.3 Å². The number of hydrogen-bond donors (Lipinski definition) is 3. The lowest BCUT2D eigenvalue weighted by molar-refractivity contribution is 0.410. The number of anilines is 3. The number of rotatable bonds is 7. The summed E-state index contributed by atoms with van der Waals surface area (Å²) in [6, 6.07) is 14.9. The van der Waals surface area contributed by atoms with Gasteiger partial charge in [-0.1, -0.05) is 17.4 Å². The van der Waals surface area contributed by atoms with Gasteiger partial charge < -0.3 is 20.9 Å². The summed E-state index contributed by atoms with van der Waals surface area (Å²) >= 11 is 1.57. The summed E-state index contributed by atoms with van der Waals surface area (Å²) in [6.45, 7) is 2.71. The summed E-state index contributed by atoms with van der Waals surface area (Å²) in [5, 5.41) is 17.1. The summed E-state index contributed by atoms with van der Waals surface area (Å²) in [6.07, 6.45) is 11.3. The third kappa shape index (κ3) is 5.74. The Morgan fingerprint density at radius 3 is 2.69 bits per heavy atom. The van der Waals surface area contributed by atoms with Crippen molar-refractivity contribution in [3.05, 3.63) is 78.1 Å². The molecule has 1 saturated carbocycles. The van der Waals surface area contributed by atoms with Crippen molar-refractivity contribution >= 4 is 38.3 Å². The molecule has 1 fully saturated rings. The number of aromatic nitrogens is 5. The fourth-order valence-corrected chi connectivity index (χ4v) is 5.89. The molecule has 0 unspecified atom stereocenters. The molecule has 0 radical (unpaired) electrons. The van der Waals surface area contributed by atoms with Gasteiger partial charge in [0.2, 0.25) is 0 Å². The molecule has 1 aliphatic rings. The van der Waals surface area contributed by atoms with Crippen molar-refractivity contribution in [3.63, 3.8) is 0 Å². The zero-order chi connectivity index (χ0) is 26.8. The summed E-state index contributed by atoms with van der Waals surface area (Å²) in [4.78, 5) is 18.3. The fraction of sp³-hybridized carbons (Fsp3) is 0.276. The normalized spacial score (nSPS) is 17.2. The molecule has 4 heterocycles. The van der Waals surface area contributed by atoms with Crippen LogP contribution < -0.4 is 16.4 Å². The third-order valence-electron chi connectivity index (χ3n) is 7.11. The highest BCUT2D eigenvalue weighted by Crippen LogP contribution is 2.32. The first kappa shape index (κ1) is 25.0. The molecule has 5 aromatic rings. The minimum absolute atomic E-state index is 0.301. The highest BCUT2D eigenvalue weighted by atomic mass is 32.1. The second kappa shape index (κ2) is 10.8. The second-order valence-corrected chi connectivity index (χ2v) is 11.0. The Kier molecular flexibility index (Phi) is 6.92. The average Bonchev–Trinajstić information content (AvgIpc) is 3.54. The zero-order valence-corrected chi connectivity index (χ0v) is 22.4. The predicted molar refractivity (Wildman–Crippen MR) is 155 cm³/mol. The van der Waals surface area contributed by atoms with E-state index in [9.17, 15) is 5.26 Å². The molecule has 4 aromatic heterocycles. The molecule has 0 saturated heterocycles. The molecule has 9 nitrogen and oxygen atoms in total. The first-order valence-electron chi connectivity index (χ1n) is 13.1. The molecular weight excluding hydrogens is 506 g/mol. The average molecular weight is 536 g/mol. The van der Waals surface area contributed by atoms with Gasteiger partial charge in [0, 0.05) is 49.0 Å². The predicted octanol–water partition coefficient (Wildman–Crippen LogP) is 5.60. The first-order valence-corrected chi connectivity index (χ1v) is 13.9. The summed E-state index contributed by atoms with van der Waals surface area (Å²) in [5.41, 5.74) is 10.6. The number of nitriles is 1. The van der Waals surface area contributed by atoms with Gasteiger partial charge >= 0.3 is 0 Å². The lowest BCUT2D eigenvalue weighted by atomic mass is 9.92. The van der Waals surface area contributed by atoms with E-state index in [1.807, 2.05) is 37.5 Å². The van der Waals surface area contributed by atoms with Crippen LogP contribution in [0.2, 0.25) is 0 Å². The minimum Gasteiger partial charge on any atom is -0.367 e. The Balaban J connectivity index is 1.28. The van der Waals surface area contributed by atoms with Crippen LogP contribution in [0.25, 0.3) is 21.3 Å². The van der Waals surface area contributed by atoms with E-state index in [1.54, 1.807) is 23.7 Å². The van der Waals surface area contributed by atoms with E-state index >= 15 is 0 Å². The molecule has 1 aromatic carbocycles. The van der Waals surface area contributed by atoms with Crippen molar-refractivity contribution in [1.82, 2.24) is 24.5 Å². The molecule has 0 bridgehead atoms. The number of thiazole rings is 1. The molecule has 0 atom stereocenters. The van der Waals surface area contributed by atoms with Crippen molar-refractivity contribution in [1.29, 1.82) is 5.26 Å². The molecule has 0 aliphatic heterocycles. The maximum absolute atomic E-state index is 9.22. The highest BCUT2D eigenvalue weighted by Gasteiger charge is 2.19. The van der Waals surface area contributed by atoms with E-state index in [2.05, 4.69) is 49.4 Å². The second-order valence-electron chi connectivity index (χ2n) is 10.0. The van der Waals surface area contributed by atoms with Crippen LogP contribution >= 0.6 is 11.3 Å². The Labute approximate surface area is 230 Å². The van der Waals surface area contributed by atoms with Crippen LogP contribution in [-0.4, -0.2) is 36.6 Å². The Morgan fingerprint density at radius 2 is 1.90 bits per heavy atom. The van der Waals surface area contributed by atoms with E-state index in [1.165, 1.54) is 0 Å². The molecular formula is C29H29N9S. The van der Waals surface area contributed by atoms with E-state index in [-0.39, 0.29) is 0 Å². The minimum atomic E-state index is 0.301. The van der Waals surface area contributed by atoms with Crippen molar-refractivity contribution in [2.45, 2.75) is 51.2 Å². The SMILES string of the molecule is Cc1nccn1Cc1cc(Nc2nc3ccc(-c4cncc(C#N)c4)cc3s2)nc(N[C@H]2CC[C@H](N)CC2)c1. The van der Waals surface area contributed by atoms with Gasteiger partial charge in [-0.15, -0.1) is 0 Å². The lowest BCUT2D eigenvalue weighted by Gasteiger charge is -2.27. The van der Waals surface area contributed by atoms with Gasteiger partial charge in [-0.2, -0.15) is 5.26 Å². The quantitative estimate of drug-likeness (QED) is 0.245. The Morgan fingerprint density at radius 1 is 1.05 bits per heavy atom. The van der Waals surface area contributed by atoms with Crippen molar-refractivity contribution in [3.8, 4) is 17.2 Å². The Bertz CT molecular complexity index is 1660. The van der Waals surface area contributed by atoms with Crippen molar-refractivity contribution in [2.24, 2.45) is 5.73 Å². The van der Waals surface area contributed by atoms with Crippen molar-refractivity contribution in [2.75, 3.05) is 10.6 Å². The van der Waals surface area contributed by atoms with Crippen LogP contribution in [-0.2, 0) is 6.54 Å². The summed E-state index contributed by atoms with van der Waals surface area (Å²) in [5.74, 6) is 2.56. The first-order chi connectivity index (χ1) is 19.0. The number of imidazole rings is 1. The zero-order valence-electron chi connectivity index (χ0n) is 21.6. The van der Waals surface area contributed by atoms with E-state index in [4.69, 9.17) is 15.7 Å². The van der Waals surface area contributed by atoms with E-state index < -0.39 is 0 Å². The maximum atomic E-state index is 9.22. The standard InChI is InChI=1S/C29H29N9S/c1-18-33-8-9-38(18)17-19-11-27(34-24-5-3-23(31)4-6-24)36-28(12-19)37-29-35-25-7-2-21(13-26(25)39-29)22-10-20(14-30)15-32-16-22/h2,7-13,15-16,23-24H,3-6,17,31H2,1H3,(H2,34,35,36,37)/t23-,24-. The largest absolute Gasteiger partial charge is 0.367 e. The molecule has 10 heteroatoms. The lowest BCUT2D eigenvalue weighted by Crippen LogP contribution is -2.33. The monoisotopic (exact) mass is 535 g/mol. The molecule has 0 amide bonds. The third-order valence-corrected chi connectivity index (χ3v) is 8.04. The molecule has 4 N–H and O–H groups in total. The van der Waals surface area contributed by atoms with Gasteiger partial charge in [0.25, 0.3) is 0 Å². The van der Waals surface area contributed by atoms with Crippen molar-refractivity contribution < 1.29 is 0 Å². The van der Waals surface area contributed by atoms with E-state index in [0.29, 0.717) is 24.2 Å². The maximum Gasteiger partial charge on any atom is 0.189 e. The van der Waals surface area contributed by atoms with Gasteiger partial charge in [0.1, 0.15) is 23.5 Å². The van der Waals surface area contributed by atoms with Crippen LogP contribution in [0.15, 0.2) is 61.2 Å². The van der Waals surface area contributed by atoms with Gasteiger partial charge in [-0.05, 0) is 74.1 Å². The summed E-state index contributed by atoms with van der Waals surface area (Å²) < 4.78 is 3.16. The number of hydrogen-bond acceptors (Lipinski definition) is 9. The van der Waals surface area contributed by atoms with E-state index in [0.717, 1.165) is 75.2 Å². The molecule has 39 heavy (non-hydrogen) atoms. The number of aryl methyl sites for hydroxylation is 1. The van der Waals surface area contributed by atoms with Crippen LogP contribution in [0.5, 0.6) is 0 Å². The number of pyridine rings is 2. The number of nitrogens with one attached hydrogen (secondary N) is 2. The van der Waals surface area contributed by atoms with Crippen LogP contribution in [0.1, 0.15) is 42.6 Å². The number of fused-ring (bicyclic) bond motifs is 1. The van der Waals surface area contributed by atoms with Gasteiger partial charge in [-0.3, -0.25) is 4.98 Å². The number of benzene rings is 1. The number of nitrogens with two attached hydrogens (primary N) is 1. The molecule has 1 aliphatic carbocycles. The fourth-order valence-electron chi connectivity index (χ4n) is 4.98. The van der Waals surface area contributed by atoms with Crippen LogP contribution in [0.4, 0.5) is 16.8 Å². The topological polar surface area (TPSA) is 130 Å². The van der Waals surface area contributed by atoms with Gasteiger partial charge in [-0.25, -0.2) is 15.0 Å². The summed E-state index contributed by atoms with van der Waals surface area (Å²) in [7, 11) is 0. The Hall–Kier alpha value is -4.33. The molecule has 0 spiro atoms. The van der Waals surface area contributed by atoms with Gasteiger partial charge in [0.15, 0.2) is 5.13 Å². The number of nitrogens with zero attached hydrogens (tertiary/aromatic N) is 6. The highest BCUT2D eigenvalue weighted by molar-refractivity contribution is 7.22. The molecule has 6 rings (SSSR count). The smallest absolute Gasteiger partial charge is 0.189 e. The van der Waals surface area contributed by atoms with Crippen LogP contribution in [0.3, 0.4) is 0 Å². The molecule has 196 valence electrons.